The summed E-state index contributed by atoms with van der Waals surface area (Å²) in [5.41, 5.74) is 1.66. The summed E-state index contributed by atoms with van der Waals surface area (Å²) in [5.74, 6) is 0.157. The van der Waals surface area contributed by atoms with Crippen molar-refractivity contribution in [2.24, 2.45) is 11.8 Å². The quantitative estimate of drug-likeness (QED) is 0.533. The Bertz CT molecular complexity index is 1190. The van der Waals surface area contributed by atoms with Crippen LogP contribution in [0.25, 0.3) is 11.3 Å². The second-order valence-corrected chi connectivity index (χ2v) is 8.66. The highest BCUT2D eigenvalue weighted by molar-refractivity contribution is 6.32. The number of hydrogen-bond donors (Lipinski definition) is 1. The van der Waals surface area contributed by atoms with Crippen LogP contribution in [0.3, 0.4) is 0 Å². The summed E-state index contributed by atoms with van der Waals surface area (Å²) in [6.45, 7) is 1.80. The summed E-state index contributed by atoms with van der Waals surface area (Å²) >= 11 is 6.31. The molecule has 0 spiro atoms. The summed E-state index contributed by atoms with van der Waals surface area (Å²) < 4.78 is 27.5. The third kappa shape index (κ3) is 4.92. The van der Waals surface area contributed by atoms with E-state index >= 15 is 0 Å². The van der Waals surface area contributed by atoms with Crippen LogP contribution in [0.1, 0.15) is 25.3 Å². The average Bonchev–Trinajstić information content (AvgIpc) is 3.45. The molecular formula is C23H22ClFN6O2. The molecular weight excluding hydrogens is 447 g/mol. The minimum atomic E-state index is -0.511. The van der Waals surface area contributed by atoms with Gasteiger partial charge in [0.15, 0.2) is 11.6 Å². The molecule has 3 aromatic rings. The van der Waals surface area contributed by atoms with Gasteiger partial charge in [-0.25, -0.2) is 14.4 Å². The lowest BCUT2D eigenvalue weighted by Gasteiger charge is -2.22. The fraction of sp³-hybridized carbons (Fsp3) is 0.391. The zero-order valence-electron chi connectivity index (χ0n) is 17.7. The molecule has 2 aliphatic rings. The Balaban J connectivity index is 1.29. The Hall–Kier alpha value is -3.22. The van der Waals surface area contributed by atoms with Gasteiger partial charge in [-0.15, -0.1) is 0 Å². The average molecular weight is 469 g/mol. The van der Waals surface area contributed by atoms with Gasteiger partial charge in [0.25, 0.3) is 0 Å². The maximum absolute atomic E-state index is 14.6. The molecule has 10 heteroatoms. The highest BCUT2D eigenvalue weighted by atomic mass is 35.5. The first kappa shape index (κ1) is 21.6. The predicted octanol–water partition coefficient (Wildman–Crippen LogP) is 4.77. The molecule has 1 saturated carbocycles. The Kier molecular flexibility index (Phi) is 6.11. The van der Waals surface area contributed by atoms with E-state index in [1.807, 2.05) is 10.9 Å². The van der Waals surface area contributed by atoms with E-state index in [-0.39, 0.29) is 17.6 Å². The molecule has 0 bridgehead atoms. The third-order valence-corrected chi connectivity index (χ3v) is 6.19. The first-order valence-corrected chi connectivity index (χ1v) is 11.2. The Morgan fingerprint density at radius 3 is 2.91 bits per heavy atom. The Labute approximate surface area is 195 Å². The van der Waals surface area contributed by atoms with Gasteiger partial charge < -0.3 is 14.8 Å². The van der Waals surface area contributed by atoms with E-state index in [0.29, 0.717) is 34.9 Å². The van der Waals surface area contributed by atoms with Crippen molar-refractivity contribution in [1.82, 2.24) is 19.7 Å². The van der Waals surface area contributed by atoms with E-state index in [0.717, 1.165) is 38.2 Å². The SMILES string of the molecule is N#CC1CC1COc1ccc(-c2nc(Nc3cnn(C4CCOCC4)c3)ncc2Cl)cc1F. The number of ether oxygens (including phenoxy) is 2. The van der Waals surface area contributed by atoms with Crippen molar-refractivity contribution in [3.05, 3.63) is 47.6 Å². The van der Waals surface area contributed by atoms with Crippen molar-refractivity contribution >= 4 is 23.2 Å². The summed E-state index contributed by atoms with van der Waals surface area (Å²) in [7, 11) is 0. The Morgan fingerprint density at radius 1 is 1.30 bits per heavy atom. The van der Waals surface area contributed by atoms with E-state index in [4.69, 9.17) is 26.3 Å². The molecule has 2 fully saturated rings. The second-order valence-electron chi connectivity index (χ2n) is 8.26. The molecule has 0 amide bonds. The van der Waals surface area contributed by atoms with Gasteiger partial charge in [-0.05, 0) is 37.5 Å². The molecule has 33 heavy (non-hydrogen) atoms. The molecule has 8 nitrogen and oxygen atoms in total. The van der Waals surface area contributed by atoms with Gasteiger partial charge in [0.2, 0.25) is 5.95 Å². The van der Waals surface area contributed by atoms with E-state index in [1.54, 1.807) is 18.3 Å². The largest absolute Gasteiger partial charge is 0.490 e. The minimum absolute atomic E-state index is 0.0156. The molecule has 1 saturated heterocycles. The number of rotatable bonds is 7. The monoisotopic (exact) mass is 468 g/mol. The van der Waals surface area contributed by atoms with Crippen LogP contribution in [0, 0.1) is 29.0 Å². The first-order chi connectivity index (χ1) is 16.1. The molecule has 0 radical (unpaired) electrons. The first-order valence-electron chi connectivity index (χ1n) is 10.8. The number of nitriles is 1. The summed E-state index contributed by atoms with van der Waals surface area (Å²) in [6, 6.07) is 7.10. The van der Waals surface area contributed by atoms with Crippen molar-refractivity contribution in [2.75, 3.05) is 25.1 Å². The number of aromatic nitrogens is 4. The van der Waals surface area contributed by atoms with Gasteiger partial charge in [-0.3, -0.25) is 4.68 Å². The highest BCUT2D eigenvalue weighted by Crippen LogP contribution is 2.38. The van der Waals surface area contributed by atoms with Crippen LogP contribution in [0.15, 0.2) is 36.8 Å². The molecule has 2 unspecified atom stereocenters. The molecule has 2 aromatic heterocycles. The molecule has 1 aliphatic carbocycles. The highest BCUT2D eigenvalue weighted by Gasteiger charge is 2.38. The Morgan fingerprint density at radius 2 is 2.15 bits per heavy atom. The number of halogens is 2. The van der Waals surface area contributed by atoms with Crippen molar-refractivity contribution in [2.45, 2.75) is 25.3 Å². The van der Waals surface area contributed by atoms with Crippen molar-refractivity contribution in [1.29, 1.82) is 5.26 Å². The molecule has 1 aliphatic heterocycles. The molecule has 1 N–H and O–H groups in total. The predicted molar refractivity (Wildman–Crippen MR) is 120 cm³/mol. The molecule has 170 valence electrons. The molecule has 3 heterocycles. The van der Waals surface area contributed by atoms with E-state index in [9.17, 15) is 4.39 Å². The van der Waals surface area contributed by atoms with Crippen molar-refractivity contribution < 1.29 is 13.9 Å². The number of benzene rings is 1. The van der Waals surface area contributed by atoms with E-state index < -0.39 is 5.82 Å². The summed E-state index contributed by atoms with van der Waals surface area (Å²) in [5, 5.41) is 16.8. The smallest absolute Gasteiger partial charge is 0.227 e. The van der Waals surface area contributed by atoms with Crippen molar-refractivity contribution in [3.63, 3.8) is 0 Å². The van der Waals surface area contributed by atoms with Gasteiger partial charge in [-0.1, -0.05) is 11.6 Å². The number of nitrogens with one attached hydrogen (secondary N) is 1. The number of anilines is 2. The minimum Gasteiger partial charge on any atom is -0.490 e. The van der Waals surface area contributed by atoms with Gasteiger partial charge in [0, 0.05) is 30.9 Å². The van der Waals surface area contributed by atoms with Crippen LogP contribution in [0.4, 0.5) is 16.0 Å². The fourth-order valence-electron chi connectivity index (χ4n) is 3.86. The maximum atomic E-state index is 14.6. The van der Waals surface area contributed by atoms with Gasteiger partial charge in [-0.2, -0.15) is 10.4 Å². The van der Waals surface area contributed by atoms with Gasteiger partial charge >= 0.3 is 0 Å². The topological polar surface area (TPSA) is 97.9 Å². The zero-order valence-corrected chi connectivity index (χ0v) is 18.5. The molecule has 2 atom stereocenters. The number of nitrogens with zero attached hydrogens (tertiary/aromatic N) is 5. The fourth-order valence-corrected chi connectivity index (χ4v) is 4.06. The maximum Gasteiger partial charge on any atom is 0.227 e. The molecule has 1 aromatic carbocycles. The van der Waals surface area contributed by atoms with Gasteiger partial charge in [0.05, 0.1) is 53.4 Å². The lowest BCUT2D eigenvalue weighted by Crippen LogP contribution is -2.19. The normalized spacial score (nSPS) is 20.3. The van der Waals surface area contributed by atoms with Crippen LogP contribution in [-0.4, -0.2) is 39.6 Å². The third-order valence-electron chi connectivity index (χ3n) is 5.91. The van der Waals surface area contributed by atoms with Crippen LogP contribution in [-0.2, 0) is 4.74 Å². The van der Waals surface area contributed by atoms with E-state index in [1.165, 1.54) is 12.3 Å². The van der Waals surface area contributed by atoms with Crippen LogP contribution in [0.5, 0.6) is 5.75 Å². The van der Waals surface area contributed by atoms with Crippen molar-refractivity contribution in [3.8, 4) is 23.1 Å². The zero-order chi connectivity index (χ0) is 22.8. The summed E-state index contributed by atoms with van der Waals surface area (Å²) in [6.07, 6.45) is 7.76. The lowest BCUT2D eigenvalue weighted by atomic mass is 10.1. The van der Waals surface area contributed by atoms with Crippen LogP contribution >= 0.6 is 11.6 Å². The number of hydrogen-bond acceptors (Lipinski definition) is 7. The van der Waals surface area contributed by atoms with E-state index in [2.05, 4.69) is 26.5 Å². The van der Waals surface area contributed by atoms with Gasteiger partial charge in [0.1, 0.15) is 0 Å². The summed E-state index contributed by atoms with van der Waals surface area (Å²) in [4.78, 5) is 8.72. The van der Waals surface area contributed by atoms with Crippen LogP contribution < -0.4 is 10.1 Å². The second kappa shape index (κ2) is 9.33. The van der Waals surface area contributed by atoms with Crippen LogP contribution in [0.2, 0.25) is 5.02 Å². The lowest BCUT2D eigenvalue weighted by molar-refractivity contribution is 0.0662. The standard InChI is InChI=1S/C23H22ClFN6O2/c24-19-11-27-23(29-17-10-28-31(12-17)18-3-5-32-6-4-18)30-22(19)14-1-2-21(20(25)8-14)33-13-16-7-15(16)9-26/h1-2,8,10-12,15-16,18H,3-7,13H2,(H,27,29,30). The molecule has 5 rings (SSSR count).